The van der Waals surface area contributed by atoms with Crippen molar-refractivity contribution in [3.05, 3.63) is 78.4 Å². The number of amides is 1. The van der Waals surface area contributed by atoms with Gasteiger partial charge in [0.05, 0.1) is 23.2 Å². The van der Waals surface area contributed by atoms with Crippen molar-refractivity contribution in [2.24, 2.45) is 7.05 Å². The first-order chi connectivity index (χ1) is 13.7. The number of ether oxygens (including phenoxy) is 1. The second kappa shape index (κ2) is 7.56. The number of aromatic nitrogens is 2. The van der Waals surface area contributed by atoms with Crippen molar-refractivity contribution >= 4 is 22.6 Å². The minimum absolute atomic E-state index is 0.195. The molecular weight excluding hydrogens is 350 g/mol. The van der Waals surface area contributed by atoms with Crippen LogP contribution in [0.15, 0.2) is 72.8 Å². The molecule has 0 unspecified atom stereocenters. The third kappa shape index (κ3) is 3.34. The number of imidazole rings is 1. The molecule has 1 N–H and O–H groups in total. The maximum Gasteiger partial charge on any atom is 0.259 e. The maximum absolute atomic E-state index is 12.6. The van der Waals surface area contributed by atoms with Crippen LogP contribution in [0.3, 0.4) is 0 Å². The lowest BCUT2D eigenvalue weighted by Gasteiger charge is -2.11. The quantitative estimate of drug-likeness (QED) is 0.543. The van der Waals surface area contributed by atoms with Crippen LogP contribution in [-0.2, 0) is 7.05 Å². The van der Waals surface area contributed by atoms with E-state index in [9.17, 15) is 4.79 Å². The van der Waals surface area contributed by atoms with Crippen LogP contribution in [0.5, 0.6) is 5.75 Å². The second-order valence-electron chi connectivity index (χ2n) is 6.44. The molecule has 0 aliphatic carbocycles. The minimum Gasteiger partial charge on any atom is -0.493 e. The number of fused-ring (bicyclic) bond motifs is 1. The molecule has 0 radical (unpaired) electrons. The fourth-order valence-electron chi connectivity index (χ4n) is 3.24. The van der Waals surface area contributed by atoms with Crippen LogP contribution in [0, 0.1) is 0 Å². The molecule has 0 bridgehead atoms. The van der Waals surface area contributed by atoms with Gasteiger partial charge in [-0.25, -0.2) is 4.98 Å². The normalized spacial score (nSPS) is 10.8. The number of anilines is 1. The lowest BCUT2D eigenvalue weighted by Crippen LogP contribution is -2.13. The molecule has 140 valence electrons. The van der Waals surface area contributed by atoms with E-state index in [4.69, 9.17) is 9.72 Å². The average Bonchev–Trinajstić information content (AvgIpc) is 3.06. The van der Waals surface area contributed by atoms with Gasteiger partial charge in [0.2, 0.25) is 0 Å². The zero-order valence-corrected chi connectivity index (χ0v) is 15.8. The fraction of sp³-hybridized carbons (Fsp3) is 0.130. The van der Waals surface area contributed by atoms with E-state index < -0.39 is 0 Å². The summed E-state index contributed by atoms with van der Waals surface area (Å²) in [5.74, 6) is 1.28. The minimum atomic E-state index is -0.195. The summed E-state index contributed by atoms with van der Waals surface area (Å²) >= 11 is 0. The van der Waals surface area contributed by atoms with Crippen LogP contribution >= 0.6 is 0 Å². The Bertz CT molecular complexity index is 1130. The molecule has 28 heavy (non-hydrogen) atoms. The molecule has 0 fully saturated rings. The van der Waals surface area contributed by atoms with Crippen molar-refractivity contribution in [3.8, 4) is 17.1 Å². The summed E-state index contributed by atoms with van der Waals surface area (Å²) in [6.45, 7) is 2.41. The Morgan fingerprint density at radius 1 is 1.00 bits per heavy atom. The first kappa shape index (κ1) is 17.8. The number of rotatable bonds is 5. The number of para-hydroxylation sites is 3. The highest BCUT2D eigenvalue weighted by Gasteiger charge is 2.13. The monoisotopic (exact) mass is 371 g/mol. The Morgan fingerprint density at radius 3 is 2.46 bits per heavy atom. The van der Waals surface area contributed by atoms with Crippen molar-refractivity contribution < 1.29 is 9.53 Å². The first-order valence-electron chi connectivity index (χ1n) is 9.22. The number of nitrogens with one attached hydrogen (secondary N) is 1. The molecule has 3 aromatic carbocycles. The van der Waals surface area contributed by atoms with Crippen LogP contribution < -0.4 is 10.1 Å². The molecule has 4 aromatic rings. The number of hydrogen-bond acceptors (Lipinski definition) is 3. The van der Waals surface area contributed by atoms with Gasteiger partial charge in [0.25, 0.3) is 5.91 Å². The van der Waals surface area contributed by atoms with E-state index in [-0.39, 0.29) is 5.91 Å². The van der Waals surface area contributed by atoms with Crippen molar-refractivity contribution in [3.63, 3.8) is 0 Å². The van der Waals surface area contributed by atoms with E-state index in [0.29, 0.717) is 17.9 Å². The molecule has 1 heterocycles. The predicted molar refractivity (Wildman–Crippen MR) is 112 cm³/mol. The van der Waals surface area contributed by atoms with Crippen molar-refractivity contribution in [2.45, 2.75) is 6.92 Å². The third-order valence-electron chi connectivity index (χ3n) is 4.62. The van der Waals surface area contributed by atoms with Gasteiger partial charge in [-0.3, -0.25) is 4.79 Å². The van der Waals surface area contributed by atoms with E-state index in [1.807, 2.05) is 68.6 Å². The smallest absolute Gasteiger partial charge is 0.259 e. The Hall–Kier alpha value is -3.60. The molecular formula is C23H21N3O2. The second-order valence-corrected chi connectivity index (χ2v) is 6.44. The van der Waals surface area contributed by atoms with Crippen LogP contribution in [0.2, 0.25) is 0 Å². The molecule has 5 nitrogen and oxygen atoms in total. The number of nitrogens with zero attached hydrogens (tertiary/aromatic N) is 2. The molecule has 0 aliphatic heterocycles. The average molecular weight is 371 g/mol. The van der Waals surface area contributed by atoms with Crippen LogP contribution in [0.1, 0.15) is 17.3 Å². The summed E-state index contributed by atoms with van der Waals surface area (Å²) in [6.07, 6.45) is 0. The third-order valence-corrected chi connectivity index (χ3v) is 4.62. The Morgan fingerprint density at radius 2 is 1.71 bits per heavy atom. The Balaban J connectivity index is 1.57. The van der Waals surface area contributed by atoms with Gasteiger partial charge in [0.1, 0.15) is 11.6 Å². The molecule has 1 amide bonds. The van der Waals surface area contributed by atoms with E-state index in [0.717, 1.165) is 28.1 Å². The Labute approximate surface area is 163 Å². The van der Waals surface area contributed by atoms with Crippen molar-refractivity contribution in [1.82, 2.24) is 9.55 Å². The van der Waals surface area contributed by atoms with Crippen molar-refractivity contribution in [1.29, 1.82) is 0 Å². The van der Waals surface area contributed by atoms with E-state index in [1.165, 1.54) is 0 Å². The van der Waals surface area contributed by atoms with Gasteiger partial charge in [0.15, 0.2) is 0 Å². The highest BCUT2D eigenvalue weighted by atomic mass is 16.5. The zero-order chi connectivity index (χ0) is 19.5. The van der Waals surface area contributed by atoms with Crippen LogP contribution in [0.25, 0.3) is 22.4 Å². The summed E-state index contributed by atoms with van der Waals surface area (Å²) in [6, 6.07) is 23.0. The van der Waals surface area contributed by atoms with Gasteiger partial charge in [-0.05, 0) is 55.5 Å². The number of benzene rings is 3. The predicted octanol–water partition coefficient (Wildman–Crippen LogP) is 4.89. The molecule has 0 spiro atoms. The van der Waals surface area contributed by atoms with Gasteiger partial charge < -0.3 is 14.6 Å². The molecule has 0 atom stereocenters. The SMILES string of the molecule is CCOc1ccccc1C(=O)Nc1ccc(-c2nc3ccccc3n2C)cc1. The van der Waals surface area contributed by atoms with E-state index in [2.05, 4.69) is 16.0 Å². The summed E-state index contributed by atoms with van der Waals surface area (Å²) < 4.78 is 7.61. The van der Waals surface area contributed by atoms with E-state index >= 15 is 0 Å². The molecule has 0 aliphatic rings. The molecule has 1 aromatic heterocycles. The highest BCUT2D eigenvalue weighted by molar-refractivity contribution is 6.06. The largest absolute Gasteiger partial charge is 0.493 e. The van der Waals surface area contributed by atoms with Gasteiger partial charge in [0, 0.05) is 18.3 Å². The summed E-state index contributed by atoms with van der Waals surface area (Å²) in [4.78, 5) is 17.3. The molecule has 0 saturated carbocycles. The van der Waals surface area contributed by atoms with Gasteiger partial charge in [-0.2, -0.15) is 0 Å². The number of hydrogen-bond donors (Lipinski definition) is 1. The Kier molecular flexibility index (Phi) is 4.81. The molecule has 4 rings (SSSR count). The number of carbonyl (C=O) groups excluding carboxylic acids is 1. The molecule has 0 saturated heterocycles. The summed E-state index contributed by atoms with van der Waals surface area (Å²) in [7, 11) is 2.00. The lowest BCUT2D eigenvalue weighted by molar-refractivity contribution is 0.102. The molecule has 5 heteroatoms. The fourth-order valence-corrected chi connectivity index (χ4v) is 3.24. The summed E-state index contributed by atoms with van der Waals surface area (Å²) in [5, 5.41) is 2.93. The van der Waals surface area contributed by atoms with Crippen LogP contribution in [-0.4, -0.2) is 22.1 Å². The van der Waals surface area contributed by atoms with Gasteiger partial charge in [-0.15, -0.1) is 0 Å². The standard InChI is InChI=1S/C23H21N3O2/c1-3-28-21-11-7-4-8-18(21)23(27)24-17-14-12-16(13-15-17)22-25-19-9-5-6-10-20(19)26(22)2/h4-15H,3H2,1-2H3,(H,24,27). The maximum atomic E-state index is 12.6. The van der Waals surface area contributed by atoms with E-state index in [1.54, 1.807) is 12.1 Å². The zero-order valence-electron chi connectivity index (χ0n) is 15.8. The highest BCUT2D eigenvalue weighted by Crippen LogP contribution is 2.25. The van der Waals surface area contributed by atoms with Gasteiger partial charge in [-0.1, -0.05) is 24.3 Å². The lowest BCUT2D eigenvalue weighted by atomic mass is 10.1. The summed E-state index contributed by atoms with van der Waals surface area (Å²) in [5.41, 5.74) is 4.28. The number of carbonyl (C=O) groups is 1. The van der Waals surface area contributed by atoms with Crippen molar-refractivity contribution in [2.75, 3.05) is 11.9 Å². The number of aryl methyl sites for hydroxylation is 1. The van der Waals surface area contributed by atoms with Gasteiger partial charge >= 0.3 is 0 Å². The van der Waals surface area contributed by atoms with Crippen LogP contribution in [0.4, 0.5) is 5.69 Å². The topological polar surface area (TPSA) is 56.1 Å². The first-order valence-corrected chi connectivity index (χ1v) is 9.22.